The number of amides is 1. The summed E-state index contributed by atoms with van der Waals surface area (Å²) in [5.41, 5.74) is 0. The minimum Gasteiger partial charge on any atom is -0.376 e. The van der Waals surface area contributed by atoms with Gasteiger partial charge in [0.05, 0.1) is 11.4 Å². The molecule has 0 aromatic rings. The van der Waals surface area contributed by atoms with Crippen LogP contribution in [0.4, 0.5) is 0 Å². The van der Waals surface area contributed by atoms with E-state index in [1.165, 1.54) is 12.8 Å². The molecule has 2 unspecified atom stereocenters. The Bertz CT molecular complexity index is 205. The van der Waals surface area contributed by atoms with Crippen molar-refractivity contribution in [2.24, 2.45) is 0 Å². The van der Waals surface area contributed by atoms with Gasteiger partial charge in [0.25, 0.3) is 0 Å². The normalized spacial score (nSPS) is 22.0. The molecule has 16 heavy (non-hydrogen) atoms. The summed E-state index contributed by atoms with van der Waals surface area (Å²) in [4.78, 5) is 11.7. The smallest absolute Gasteiger partial charge is 0.232 e. The van der Waals surface area contributed by atoms with Gasteiger partial charge in [-0.25, -0.2) is 0 Å². The fourth-order valence-electron chi connectivity index (χ4n) is 1.64. The zero-order chi connectivity index (χ0) is 11.8. The maximum Gasteiger partial charge on any atom is 0.232 e. The van der Waals surface area contributed by atoms with Crippen LogP contribution in [0.5, 0.6) is 0 Å². The van der Waals surface area contributed by atoms with E-state index in [4.69, 9.17) is 4.74 Å². The second-order valence-corrected chi connectivity index (χ2v) is 5.70. The predicted molar refractivity (Wildman–Crippen MR) is 68.8 cm³/mol. The zero-order valence-corrected chi connectivity index (χ0v) is 11.1. The summed E-state index contributed by atoms with van der Waals surface area (Å²) in [5, 5.41) is 3.03. The molecule has 0 radical (unpaired) electrons. The number of thioether (sulfide) groups is 1. The van der Waals surface area contributed by atoms with Crippen LogP contribution in [0.3, 0.4) is 0 Å². The Morgan fingerprint density at radius 3 is 3.06 bits per heavy atom. The fraction of sp³-hybridized carbons (Fsp3) is 0.917. The van der Waals surface area contributed by atoms with Gasteiger partial charge in [-0.15, -0.1) is 11.8 Å². The molecule has 0 aliphatic carbocycles. The molecule has 4 heteroatoms. The van der Waals surface area contributed by atoms with E-state index in [2.05, 4.69) is 12.2 Å². The summed E-state index contributed by atoms with van der Waals surface area (Å²) in [5.74, 6) is 1.22. The number of carbonyl (C=O) groups is 1. The van der Waals surface area contributed by atoms with Crippen LogP contribution in [0.25, 0.3) is 0 Å². The van der Waals surface area contributed by atoms with E-state index in [0.29, 0.717) is 6.54 Å². The molecule has 1 fully saturated rings. The van der Waals surface area contributed by atoms with Gasteiger partial charge in [0.1, 0.15) is 0 Å². The van der Waals surface area contributed by atoms with Gasteiger partial charge in [0.2, 0.25) is 5.91 Å². The topological polar surface area (TPSA) is 38.3 Å². The largest absolute Gasteiger partial charge is 0.376 e. The molecule has 0 spiro atoms. The highest BCUT2D eigenvalue weighted by molar-refractivity contribution is 8.00. The van der Waals surface area contributed by atoms with Crippen LogP contribution in [-0.4, -0.2) is 36.2 Å². The first-order valence-corrected chi connectivity index (χ1v) is 7.29. The zero-order valence-electron chi connectivity index (χ0n) is 10.3. The van der Waals surface area contributed by atoms with E-state index in [-0.39, 0.29) is 17.3 Å². The third-order valence-electron chi connectivity index (χ3n) is 2.76. The van der Waals surface area contributed by atoms with Crippen molar-refractivity contribution in [2.45, 2.75) is 50.9 Å². The number of hydrogen-bond donors (Lipinski definition) is 1. The highest BCUT2D eigenvalue weighted by Crippen LogP contribution is 2.14. The summed E-state index contributed by atoms with van der Waals surface area (Å²) in [6, 6.07) is 0. The maximum atomic E-state index is 11.7. The highest BCUT2D eigenvalue weighted by Gasteiger charge is 2.18. The van der Waals surface area contributed by atoms with Gasteiger partial charge in [-0.1, -0.05) is 13.3 Å². The number of hydrogen-bond acceptors (Lipinski definition) is 3. The molecule has 1 aliphatic rings. The minimum atomic E-state index is 0.0629. The molecule has 94 valence electrons. The van der Waals surface area contributed by atoms with Crippen LogP contribution in [0.2, 0.25) is 0 Å². The van der Waals surface area contributed by atoms with E-state index < -0.39 is 0 Å². The molecule has 1 heterocycles. The van der Waals surface area contributed by atoms with Gasteiger partial charge in [-0.05, 0) is 31.9 Å². The summed E-state index contributed by atoms with van der Waals surface area (Å²) >= 11 is 1.74. The van der Waals surface area contributed by atoms with Crippen molar-refractivity contribution in [3.8, 4) is 0 Å². The molecule has 0 saturated carbocycles. The first kappa shape index (κ1) is 13.8. The molecule has 1 saturated heterocycles. The first-order chi connectivity index (χ1) is 7.74. The van der Waals surface area contributed by atoms with E-state index in [1.807, 2.05) is 6.92 Å². The fourth-order valence-corrected chi connectivity index (χ4v) is 2.69. The van der Waals surface area contributed by atoms with Gasteiger partial charge in [-0.3, -0.25) is 4.79 Å². The van der Waals surface area contributed by atoms with Gasteiger partial charge in [0, 0.05) is 13.2 Å². The Morgan fingerprint density at radius 2 is 2.44 bits per heavy atom. The van der Waals surface area contributed by atoms with Crippen molar-refractivity contribution in [2.75, 3.05) is 18.9 Å². The number of carbonyl (C=O) groups excluding carboxylic acids is 1. The first-order valence-electron chi connectivity index (χ1n) is 6.25. The molecule has 0 bridgehead atoms. The predicted octanol–water partition coefficient (Wildman–Crippen LogP) is 2.20. The van der Waals surface area contributed by atoms with Gasteiger partial charge >= 0.3 is 0 Å². The quantitative estimate of drug-likeness (QED) is 0.699. The SMILES string of the molecule is CCCCSC(C)C(=O)NCC1CCCO1. The average Bonchev–Trinajstić information content (AvgIpc) is 2.79. The standard InChI is InChI=1S/C12H23NO2S/c1-3-4-8-16-10(2)12(14)13-9-11-6-5-7-15-11/h10-11H,3-9H2,1-2H3,(H,13,14). The molecule has 1 N–H and O–H groups in total. The molecular formula is C12H23NO2S. The highest BCUT2D eigenvalue weighted by atomic mass is 32.2. The lowest BCUT2D eigenvalue weighted by Gasteiger charge is -2.14. The number of ether oxygens (including phenoxy) is 1. The van der Waals surface area contributed by atoms with E-state index in [0.717, 1.165) is 25.2 Å². The average molecular weight is 245 g/mol. The monoisotopic (exact) mass is 245 g/mol. The lowest BCUT2D eigenvalue weighted by Crippen LogP contribution is -2.36. The molecule has 3 nitrogen and oxygen atoms in total. The summed E-state index contributed by atoms with van der Waals surface area (Å²) < 4.78 is 5.46. The maximum absolute atomic E-state index is 11.7. The van der Waals surface area contributed by atoms with Gasteiger partial charge < -0.3 is 10.1 Å². The van der Waals surface area contributed by atoms with E-state index >= 15 is 0 Å². The molecule has 1 aliphatic heterocycles. The Hall–Kier alpha value is -0.220. The summed E-state index contributed by atoms with van der Waals surface area (Å²) in [7, 11) is 0. The van der Waals surface area contributed by atoms with Crippen LogP contribution in [0.15, 0.2) is 0 Å². The van der Waals surface area contributed by atoms with Gasteiger partial charge in [-0.2, -0.15) is 0 Å². The van der Waals surface area contributed by atoms with Crippen molar-refractivity contribution in [3.05, 3.63) is 0 Å². The van der Waals surface area contributed by atoms with Crippen molar-refractivity contribution in [1.29, 1.82) is 0 Å². The molecule has 1 amide bonds. The van der Waals surface area contributed by atoms with Crippen molar-refractivity contribution < 1.29 is 9.53 Å². The second-order valence-electron chi connectivity index (χ2n) is 4.25. The van der Waals surface area contributed by atoms with Crippen LogP contribution in [-0.2, 0) is 9.53 Å². The van der Waals surface area contributed by atoms with E-state index in [1.54, 1.807) is 11.8 Å². The lowest BCUT2D eigenvalue weighted by atomic mass is 10.2. The summed E-state index contributed by atoms with van der Waals surface area (Å²) in [6.45, 7) is 5.67. The third-order valence-corrected chi connectivity index (χ3v) is 4.00. The molecular weight excluding hydrogens is 222 g/mol. The minimum absolute atomic E-state index is 0.0629. The molecule has 0 aromatic carbocycles. The summed E-state index contributed by atoms with van der Waals surface area (Å²) in [6.07, 6.45) is 4.83. The second kappa shape index (κ2) is 7.96. The van der Waals surface area contributed by atoms with Crippen molar-refractivity contribution >= 4 is 17.7 Å². The lowest BCUT2D eigenvalue weighted by molar-refractivity contribution is -0.120. The Morgan fingerprint density at radius 1 is 1.62 bits per heavy atom. The van der Waals surface area contributed by atoms with Gasteiger partial charge in [0.15, 0.2) is 0 Å². The number of unbranched alkanes of at least 4 members (excludes halogenated alkanes) is 1. The van der Waals surface area contributed by atoms with Crippen LogP contribution in [0.1, 0.15) is 39.5 Å². The Balaban J connectivity index is 2.08. The van der Waals surface area contributed by atoms with Crippen LogP contribution in [0, 0.1) is 0 Å². The molecule has 2 atom stereocenters. The van der Waals surface area contributed by atoms with Crippen molar-refractivity contribution in [3.63, 3.8) is 0 Å². The molecule has 1 rings (SSSR count). The Labute approximate surface area is 103 Å². The number of nitrogens with one attached hydrogen (secondary N) is 1. The van der Waals surface area contributed by atoms with Crippen LogP contribution >= 0.6 is 11.8 Å². The number of rotatable bonds is 7. The molecule has 0 aromatic heterocycles. The third kappa shape index (κ3) is 5.21. The Kier molecular flexibility index (Phi) is 6.88. The van der Waals surface area contributed by atoms with E-state index in [9.17, 15) is 4.79 Å². The van der Waals surface area contributed by atoms with Crippen LogP contribution < -0.4 is 5.32 Å². The van der Waals surface area contributed by atoms with Crippen molar-refractivity contribution in [1.82, 2.24) is 5.32 Å².